The molecule has 2 aliphatic rings. The van der Waals surface area contributed by atoms with Crippen molar-refractivity contribution in [3.8, 4) is 0 Å². The first-order valence-corrected chi connectivity index (χ1v) is 9.01. The topological polar surface area (TPSA) is 75.3 Å². The second-order valence-corrected chi connectivity index (χ2v) is 8.07. The van der Waals surface area contributed by atoms with Gasteiger partial charge in [0.1, 0.15) is 0 Å². The molecule has 0 aromatic carbocycles. The van der Waals surface area contributed by atoms with Gasteiger partial charge in [0.2, 0.25) is 5.91 Å². The monoisotopic (exact) mass is 288 g/mol. The highest BCUT2D eigenvalue weighted by atomic mass is 32.2. The molecular weight excluding hydrogens is 264 g/mol. The summed E-state index contributed by atoms with van der Waals surface area (Å²) in [4.78, 5) is 11.7. The van der Waals surface area contributed by atoms with Crippen LogP contribution in [0.15, 0.2) is 0 Å². The zero-order chi connectivity index (χ0) is 13.7. The molecule has 1 unspecified atom stereocenters. The van der Waals surface area contributed by atoms with E-state index in [0.717, 1.165) is 25.7 Å². The molecule has 0 spiro atoms. The van der Waals surface area contributed by atoms with Crippen molar-refractivity contribution < 1.29 is 13.2 Å². The van der Waals surface area contributed by atoms with Crippen LogP contribution in [0.5, 0.6) is 0 Å². The summed E-state index contributed by atoms with van der Waals surface area (Å²) in [5.41, 5.74) is 0. The van der Waals surface area contributed by atoms with Crippen molar-refractivity contribution >= 4 is 15.7 Å². The van der Waals surface area contributed by atoms with Gasteiger partial charge in [-0.3, -0.25) is 4.79 Å². The second-order valence-electron chi connectivity index (χ2n) is 5.66. The maximum atomic E-state index is 11.7. The summed E-state index contributed by atoms with van der Waals surface area (Å²) >= 11 is 0. The Bertz CT molecular complexity index is 402. The quantitative estimate of drug-likeness (QED) is 0.777. The zero-order valence-corrected chi connectivity index (χ0v) is 12.2. The Labute approximate surface area is 115 Å². The van der Waals surface area contributed by atoms with Crippen LogP contribution in [0.25, 0.3) is 0 Å². The first kappa shape index (κ1) is 14.8. The molecule has 0 aromatic heterocycles. The second kappa shape index (κ2) is 6.70. The molecule has 5 nitrogen and oxygen atoms in total. The van der Waals surface area contributed by atoms with E-state index in [4.69, 9.17) is 0 Å². The highest BCUT2D eigenvalue weighted by Gasteiger charge is 2.30. The van der Waals surface area contributed by atoms with E-state index in [1.165, 1.54) is 19.3 Å². The molecule has 2 N–H and O–H groups in total. The Morgan fingerprint density at radius 2 is 1.79 bits per heavy atom. The molecule has 0 radical (unpaired) electrons. The van der Waals surface area contributed by atoms with Gasteiger partial charge in [-0.25, -0.2) is 8.42 Å². The van der Waals surface area contributed by atoms with Crippen LogP contribution in [0.4, 0.5) is 0 Å². The van der Waals surface area contributed by atoms with Crippen LogP contribution in [0.2, 0.25) is 0 Å². The number of sulfone groups is 1. The fourth-order valence-corrected chi connectivity index (χ4v) is 4.76. The van der Waals surface area contributed by atoms with Crippen molar-refractivity contribution in [1.82, 2.24) is 10.6 Å². The molecule has 0 aromatic rings. The Kier molecular flexibility index (Phi) is 5.21. The average Bonchev–Trinajstić information content (AvgIpc) is 2.70. The fraction of sp³-hybridized carbons (Fsp3) is 0.923. The molecule has 2 rings (SSSR count). The van der Waals surface area contributed by atoms with E-state index in [0.29, 0.717) is 18.3 Å². The van der Waals surface area contributed by atoms with E-state index in [9.17, 15) is 13.2 Å². The normalized spacial score (nSPS) is 27.3. The number of hydrogen-bond acceptors (Lipinski definition) is 4. The van der Waals surface area contributed by atoms with E-state index >= 15 is 0 Å². The predicted molar refractivity (Wildman–Crippen MR) is 74.7 cm³/mol. The van der Waals surface area contributed by atoms with Crippen molar-refractivity contribution in [2.24, 2.45) is 0 Å². The first-order valence-electron chi connectivity index (χ1n) is 7.29. The average molecular weight is 288 g/mol. The van der Waals surface area contributed by atoms with Crippen molar-refractivity contribution in [1.29, 1.82) is 0 Å². The minimum absolute atomic E-state index is 0.0118. The summed E-state index contributed by atoms with van der Waals surface area (Å²) in [7, 11) is -2.91. The van der Waals surface area contributed by atoms with Crippen LogP contribution in [0.1, 0.15) is 44.9 Å². The number of carbonyl (C=O) groups is 1. The molecule has 1 heterocycles. The molecular formula is C13H24N2O3S. The highest BCUT2D eigenvalue weighted by molar-refractivity contribution is 7.92. The maximum absolute atomic E-state index is 11.7. The van der Waals surface area contributed by atoms with E-state index in [-0.39, 0.29) is 17.7 Å². The van der Waals surface area contributed by atoms with Crippen LogP contribution >= 0.6 is 0 Å². The van der Waals surface area contributed by atoms with Crippen molar-refractivity contribution in [3.63, 3.8) is 0 Å². The molecule has 1 aliphatic heterocycles. The highest BCUT2D eigenvalue weighted by Crippen LogP contribution is 2.19. The fourth-order valence-electron chi connectivity index (χ4n) is 2.96. The molecule has 110 valence electrons. The number of rotatable bonds is 5. The standard InChI is InChI=1S/C13H24N2O3S/c16-13(15-11-5-2-1-3-6-11)10-14-9-12-7-4-8-19(12,17)18/h11-12,14H,1-10H2,(H,15,16). The van der Waals surface area contributed by atoms with Gasteiger partial charge in [-0.1, -0.05) is 19.3 Å². The van der Waals surface area contributed by atoms with Gasteiger partial charge in [0.15, 0.2) is 9.84 Å². The third kappa shape index (κ3) is 4.45. The molecule has 0 bridgehead atoms. The van der Waals surface area contributed by atoms with E-state index in [1.54, 1.807) is 0 Å². The lowest BCUT2D eigenvalue weighted by Crippen LogP contribution is -2.43. The number of carbonyl (C=O) groups excluding carboxylic acids is 1. The number of nitrogens with one attached hydrogen (secondary N) is 2. The summed E-state index contributed by atoms with van der Waals surface area (Å²) in [6, 6.07) is 0.318. The maximum Gasteiger partial charge on any atom is 0.234 e. The van der Waals surface area contributed by atoms with Gasteiger partial charge in [0.25, 0.3) is 0 Å². The minimum Gasteiger partial charge on any atom is -0.352 e. The Balaban J connectivity index is 1.63. The minimum atomic E-state index is -2.91. The Morgan fingerprint density at radius 1 is 1.05 bits per heavy atom. The predicted octanol–water partition coefficient (Wildman–Crippen LogP) is 0.602. The third-order valence-electron chi connectivity index (χ3n) is 4.09. The Hall–Kier alpha value is -0.620. The molecule has 1 saturated carbocycles. The summed E-state index contributed by atoms with van der Waals surface area (Å²) < 4.78 is 23.2. The van der Waals surface area contributed by atoms with Crippen molar-refractivity contribution in [2.75, 3.05) is 18.8 Å². The molecule has 2 fully saturated rings. The van der Waals surface area contributed by atoms with Gasteiger partial charge in [0.05, 0.1) is 17.5 Å². The summed E-state index contributed by atoms with van der Waals surface area (Å²) in [6.45, 7) is 0.628. The van der Waals surface area contributed by atoms with Crippen molar-refractivity contribution in [3.05, 3.63) is 0 Å². The largest absolute Gasteiger partial charge is 0.352 e. The van der Waals surface area contributed by atoms with Crippen LogP contribution in [0, 0.1) is 0 Å². The summed E-state index contributed by atoms with van der Waals surface area (Å²) in [5.74, 6) is 0.287. The smallest absolute Gasteiger partial charge is 0.234 e. The van der Waals surface area contributed by atoms with Gasteiger partial charge in [-0.2, -0.15) is 0 Å². The number of amides is 1. The summed E-state index contributed by atoms with van der Waals surface area (Å²) in [6.07, 6.45) is 7.27. The lowest BCUT2D eigenvalue weighted by Gasteiger charge is -2.23. The molecule has 1 atom stereocenters. The number of hydrogen-bond donors (Lipinski definition) is 2. The van der Waals surface area contributed by atoms with E-state index in [1.807, 2.05) is 0 Å². The van der Waals surface area contributed by atoms with Gasteiger partial charge in [-0.05, 0) is 25.7 Å². The molecule has 1 saturated heterocycles. The molecule has 1 aliphatic carbocycles. The first-order chi connectivity index (χ1) is 9.08. The van der Waals surface area contributed by atoms with Crippen molar-refractivity contribution in [2.45, 2.75) is 56.2 Å². The van der Waals surface area contributed by atoms with Gasteiger partial charge >= 0.3 is 0 Å². The van der Waals surface area contributed by atoms with Gasteiger partial charge in [-0.15, -0.1) is 0 Å². The Morgan fingerprint density at radius 3 is 2.42 bits per heavy atom. The van der Waals surface area contributed by atoms with Crippen LogP contribution in [-0.2, 0) is 14.6 Å². The van der Waals surface area contributed by atoms with Crippen LogP contribution in [0.3, 0.4) is 0 Å². The summed E-state index contributed by atoms with van der Waals surface area (Å²) in [5, 5.41) is 5.70. The third-order valence-corrected chi connectivity index (χ3v) is 6.37. The molecule has 1 amide bonds. The SMILES string of the molecule is O=C(CNCC1CCCS1(=O)=O)NC1CCCCC1. The van der Waals surface area contributed by atoms with Gasteiger partial charge < -0.3 is 10.6 Å². The lowest BCUT2D eigenvalue weighted by atomic mass is 9.95. The zero-order valence-electron chi connectivity index (χ0n) is 11.4. The lowest BCUT2D eigenvalue weighted by molar-refractivity contribution is -0.121. The molecule has 19 heavy (non-hydrogen) atoms. The molecule has 6 heteroatoms. The van der Waals surface area contributed by atoms with Gasteiger partial charge in [0, 0.05) is 12.6 Å². The van der Waals surface area contributed by atoms with Crippen LogP contribution < -0.4 is 10.6 Å². The van der Waals surface area contributed by atoms with E-state index < -0.39 is 9.84 Å². The van der Waals surface area contributed by atoms with Crippen LogP contribution in [-0.4, -0.2) is 44.5 Å². The van der Waals surface area contributed by atoms with E-state index in [2.05, 4.69) is 10.6 Å².